The van der Waals surface area contributed by atoms with Crippen molar-refractivity contribution in [3.63, 3.8) is 0 Å². The molecule has 0 fully saturated rings. The summed E-state index contributed by atoms with van der Waals surface area (Å²) in [5, 5.41) is 26.5. The zero-order chi connectivity index (χ0) is 22.1. The molecule has 1 atom stereocenters. The predicted molar refractivity (Wildman–Crippen MR) is 103 cm³/mol. The van der Waals surface area contributed by atoms with Gasteiger partial charge in [-0.3, -0.25) is 19.9 Å². The van der Waals surface area contributed by atoms with Crippen LogP contribution in [0.25, 0.3) is 0 Å². The minimum Gasteiger partial charge on any atom is -0.478 e. The highest BCUT2D eigenvalue weighted by Crippen LogP contribution is 2.24. The van der Waals surface area contributed by atoms with Crippen LogP contribution < -0.4 is 0 Å². The molecule has 11 heteroatoms. The molecular weight excluding hydrogens is 384 g/mol. The Bertz CT molecular complexity index is 791. The Hall–Kier alpha value is -3.34. The summed E-state index contributed by atoms with van der Waals surface area (Å²) >= 11 is 0. The third kappa shape index (κ3) is 8.05. The lowest BCUT2D eigenvalue weighted by Gasteiger charge is -2.21. The van der Waals surface area contributed by atoms with Crippen LogP contribution in [0.15, 0.2) is 24.4 Å². The van der Waals surface area contributed by atoms with Gasteiger partial charge in [0.25, 0.3) is 11.6 Å². The number of amides is 1. The van der Waals surface area contributed by atoms with Gasteiger partial charge in [0.2, 0.25) is 0 Å². The second-order valence-corrected chi connectivity index (χ2v) is 6.80. The number of hydrogen-bond acceptors (Lipinski definition) is 7. The third-order valence-electron chi connectivity index (χ3n) is 4.11. The molecule has 0 saturated heterocycles. The van der Waals surface area contributed by atoms with Crippen LogP contribution >= 0.6 is 0 Å². The van der Waals surface area contributed by atoms with Gasteiger partial charge in [-0.2, -0.15) is 0 Å². The van der Waals surface area contributed by atoms with Crippen LogP contribution in [0.5, 0.6) is 0 Å². The Balaban J connectivity index is 0.000000447. The maximum atomic E-state index is 12.3. The quantitative estimate of drug-likeness (QED) is 0.397. The van der Waals surface area contributed by atoms with E-state index in [1.165, 1.54) is 12.3 Å². The summed E-state index contributed by atoms with van der Waals surface area (Å²) in [7, 11) is 5.77. The fraction of sp³-hybridized carbons (Fsp3) is 0.444. The first-order valence-corrected chi connectivity index (χ1v) is 8.68. The number of pyridine rings is 1. The molecule has 2 heterocycles. The van der Waals surface area contributed by atoms with Crippen molar-refractivity contribution in [3.05, 3.63) is 45.8 Å². The topological polar surface area (TPSA) is 154 Å². The van der Waals surface area contributed by atoms with E-state index in [4.69, 9.17) is 10.2 Å². The lowest BCUT2D eigenvalue weighted by molar-refractivity contribution is -0.385. The smallest absolute Gasteiger partial charge is 0.328 e. The van der Waals surface area contributed by atoms with Gasteiger partial charge in [0.15, 0.2) is 0 Å². The van der Waals surface area contributed by atoms with Crippen molar-refractivity contribution < 1.29 is 29.5 Å². The zero-order valence-corrected chi connectivity index (χ0v) is 16.4. The summed E-state index contributed by atoms with van der Waals surface area (Å²) in [6.45, 7) is 1.59. The van der Waals surface area contributed by atoms with Gasteiger partial charge >= 0.3 is 11.9 Å². The summed E-state index contributed by atoms with van der Waals surface area (Å²) in [5.41, 5.74) is 0.889. The Labute approximate surface area is 167 Å². The molecule has 29 heavy (non-hydrogen) atoms. The molecule has 2 N–H and O–H groups in total. The summed E-state index contributed by atoms with van der Waals surface area (Å²) in [6.07, 6.45) is 3.99. The number of fused-ring (bicyclic) bond motifs is 1. The average molecular weight is 408 g/mol. The normalized spacial score (nSPS) is 16.1. The first kappa shape index (κ1) is 23.7. The van der Waals surface area contributed by atoms with Gasteiger partial charge in [0, 0.05) is 31.8 Å². The largest absolute Gasteiger partial charge is 0.478 e. The number of carbonyl (C=O) groups is 3. The number of carboxylic acid groups (broad SMARTS) is 2. The van der Waals surface area contributed by atoms with Crippen LogP contribution in [0.1, 0.15) is 22.5 Å². The Morgan fingerprint density at radius 3 is 2.41 bits per heavy atom. The zero-order valence-electron chi connectivity index (χ0n) is 16.4. The first-order valence-electron chi connectivity index (χ1n) is 8.68. The molecule has 11 nitrogen and oxygen atoms in total. The van der Waals surface area contributed by atoms with Gasteiger partial charge in [-0.15, -0.1) is 0 Å². The molecule has 0 aromatic carbocycles. The SMILES string of the molecule is CN(C)CCC1Cc2ncc([N+](=O)[O-])cc2C(=O)N(C)C1.O=C(O)C=CC(=O)O. The standard InChI is InChI=1S/C14H20N4O3.C4H4O4/c1-16(2)5-4-10-6-13-12(14(19)17(3)9-10)7-11(8-15-13)18(20)21;5-3(6)1-2-4(7)8/h7-8,10H,4-6,9H2,1-3H3;1-2H,(H,5,6)(H,7,8). The first-order chi connectivity index (χ1) is 13.5. The summed E-state index contributed by atoms with van der Waals surface area (Å²) in [6, 6.07) is 1.34. The van der Waals surface area contributed by atoms with Gasteiger partial charge in [0.1, 0.15) is 6.20 Å². The molecule has 1 aliphatic rings. The molecule has 0 spiro atoms. The summed E-state index contributed by atoms with van der Waals surface area (Å²) < 4.78 is 0. The van der Waals surface area contributed by atoms with Gasteiger partial charge in [-0.25, -0.2) is 9.59 Å². The number of rotatable bonds is 6. The number of aromatic nitrogens is 1. The van der Waals surface area contributed by atoms with Crippen molar-refractivity contribution in [1.29, 1.82) is 0 Å². The molecule has 158 valence electrons. The van der Waals surface area contributed by atoms with Gasteiger partial charge in [-0.1, -0.05) is 0 Å². The van der Waals surface area contributed by atoms with E-state index in [1.54, 1.807) is 11.9 Å². The number of nitro groups is 1. The minimum atomic E-state index is -1.26. The van der Waals surface area contributed by atoms with Crippen molar-refractivity contribution in [3.8, 4) is 0 Å². The maximum absolute atomic E-state index is 12.3. The van der Waals surface area contributed by atoms with E-state index >= 15 is 0 Å². The molecule has 2 rings (SSSR count). The highest BCUT2D eigenvalue weighted by atomic mass is 16.6. The van der Waals surface area contributed by atoms with E-state index in [0.717, 1.165) is 13.0 Å². The Morgan fingerprint density at radius 2 is 1.93 bits per heavy atom. The number of carbonyl (C=O) groups excluding carboxylic acids is 1. The van der Waals surface area contributed by atoms with E-state index < -0.39 is 16.9 Å². The summed E-state index contributed by atoms with van der Waals surface area (Å²) in [4.78, 5) is 49.7. The van der Waals surface area contributed by atoms with Gasteiger partial charge < -0.3 is 20.0 Å². The Kier molecular flexibility index (Phi) is 8.87. The highest BCUT2D eigenvalue weighted by Gasteiger charge is 2.28. The van der Waals surface area contributed by atoms with Crippen LogP contribution in [0.2, 0.25) is 0 Å². The van der Waals surface area contributed by atoms with E-state index in [9.17, 15) is 24.5 Å². The fourth-order valence-corrected chi connectivity index (χ4v) is 2.72. The maximum Gasteiger partial charge on any atom is 0.328 e. The molecule has 1 aromatic rings. The molecule has 0 radical (unpaired) electrons. The number of carboxylic acids is 2. The van der Waals surface area contributed by atoms with Crippen molar-refractivity contribution in [1.82, 2.24) is 14.8 Å². The second kappa shape index (κ2) is 10.9. The van der Waals surface area contributed by atoms with Crippen molar-refractivity contribution in [2.75, 3.05) is 34.2 Å². The number of nitrogens with zero attached hydrogens (tertiary/aromatic N) is 4. The Morgan fingerprint density at radius 1 is 1.34 bits per heavy atom. The average Bonchev–Trinajstić information content (AvgIpc) is 2.75. The van der Waals surface area contributed by atoms with Gasteiger partial charge in [-0.05, 0) is 39.4 Å². The molecular formula is C18H24N4O7. The van der Waals surface area contributed by atoms with Crippen LogP contribution in [0.3, 0.4) is 0 Å². The van der Waals surface area contributed by atoms with E-state index in [-0.39, 0.29) is 11.6 Å². The lowest BCUT2D eigenvalue weighted by atomic mass is 9.98. The van der Waals surface area contributed by atoms with Crippen LogP contribution in [-0.4, -0.2) is 82.0 Å². The molecule has 1 amide bonds. The molecule has 1 aromatic heterocycles. The van der Waals surface area contributed by atoms with Crippen molar-refractivity contribution in [2.45, 2.75) is 12.8 Å². The molecule has 0 saturated carbocycles. The monoisotopic (exact) mass is 408 g/mol. The lowest BCUT2D eigenvalue weighted by Crippen LogP contribution is -2.31. The van der Waals surface area contributed by atoms with E-state index in [0.29, 0.717) is 42.3 Å². The van der Waals surface area contributed by atoms with Crippen LogP contribution in [0.4, 0.5) is 5.69 Å². The molecule has 0 aliphatic carbocycles. The van der Waals surface area contributed by atoms with Crippen LogP contribution in [0, 0.1) is 16.0 Å². The third-order valence-corrected chi connectivity index (χ3v) is 4.11. The predicted octanol–water partition coefficient (Wildman–Crippen LogP) is 0.898. The van der Waals surface area contributed by atoms with Crippen molar-refractivity contribution >= 4 is 23.5 Å². The molecule has 0 bridgehead atoms. The summed E-state index contributed by atoms with van der Waals surface area (Å²) in [5.74, 6) is -2.38. The molecule has 1 unspecified atom stereocenters. The fourth-order valence-electron chi connectivity index (χ4n) is 2.72. The van der Waals surface area contributed by atoms with Crippen molar-refractivity contribution in [2.24, 2.45) is 5.92 Å². The highest BCUT2D eigenvalue weighted by molar-refractivity contribution is 5.96. The number of aliphatic carboxylic acids is 2. The van der Waals surface area contributed by atoms with Crippen LogP contribution in [-0.2, 0) is 16.0 Å². The van der Waals surface area contributed by atoms with E-state index in [1.807, 2.05) is 14.1 Å². The second-order valence-electron chi connectivity index (χ2n) is 6.80. The number of hydrogen-bond donors (Lipinski definition) is 2. The minimum absolute atomic E-state index is 0.137. The van der Waals surface area contributed by atoms with E-state index in [2.05, 4.69) is 9.88 Å². The molecule has 1 aliphatic heterocycles. The van der Waals surface area contributed by atoms with Gasteiger partial charge in [0.05, 0.1) is 16.2 Å².